The zero-order valence-corrected chi connectivity index (χ0v) is 14.9. The van der Waals surface area contributed by atoms with Crippen LogP contribution in [-0.2, 0) is 4.79 Å². The van der Waals surface area contributed by atoms with Gasteiger partial charge >= 0.3 is 0 Å². The summed E-state index contributed by atoms with van der Waals surface area (Å²) < 4.78 is 11.2. The first-order valence-corrected chi connectivity index (χ1v) is 8.97. The number of ketones is 1. The number of carbonyl (C=O) groups is 2. The van der Waals surface area contributed by atoms with E-state index in [9.17, 15) is 9.59 Å². The second kappa shape index (κ2) is 8.52. The van der Waals surface area contributed by atoms with Gasteiger partial charge in [0.05, 0.1) is 12.3 Å². The van der Waals surface area contributed by atoms with E-state index in [1.165, 1.54) is 0 Å². The quantitative estimate of drug-likeness (QED) is 0.534. The van der Waals surface area contributed by atoms with Gasteiger partial charge in [-0.15, -0.1) is 0 Å². The van der Waals surface area contributed by atoms with E-state index in [0.717, 1.165) is 12.2 Å². The lowest BCUT2D eigenvalue weighted by Gasteiger charge is -2.29. The highest BCUT2D eigenvalue weighted by Crippen LogP contribution is 2.33. The van der Waals surface area contributed by atoms with Gasteiger partial charge in [-0.3, -0.25) is 9.59 Å². The Morgan fingerprint density at radius 3 is 2.77 bits per heavy atom. The molecule has 1 aliphatic rings. The van der Waals surface area contributed by atoms with Crippen molar-refractivity contribution >= 4 is 17.4 Å². The van der Waals surface area contributed by atoms with E-state index < -0.39 is 0 Å². The van der Waals surface area contributed by atoms with Crippen LogP contribution in [0.3, 0.4) is 0 Å². The maximum absolute atomic E-state index is 12.3. The number of nitrogens with zero attached hydrogens (tertiary/aromatic N) is 1. The Labute approximate surface area is 153 Å². The molecular weight excluding hydrogens is 330 g/mol. The molecule has 0 radical (unpaired) electrons. The summed E-state index contributed by atoms with van der Waals surface area (Å²) in [6.07, 6.45) is 1.98. The van der Waals surface area contributed by atoms with Gasteiger partial charge in [0.1, 0.15) is 11.5 Å². The maximum Gasteiger partial charge on any atom is 0.265 e. The second-order valence-corrected chi connectivity index (χ2v) is 6.20. The van der Waals surface area contributed by atoms with Crippen LogP contribution in [0, 0.1) is 0 Å². The second-order valence-electron chi connectivity index (χ2n) is 6.20. The van der Waals surface area contributed by atoms with Crippen molar-refractivity contribution < 1.29 is 19.1 Å². The van der Waals surface area contributed by atoms with Gasteiger partial charge in [-0.2, -0.15) is 0 Å². The Hall–Kier alpha value is -2.82. The molecule has 26 heavy (non-hydrogen) atoms. The minimum atomic E-state index is -0.0997. The number of Topliss-reactive ketones (excluding diaryl/α,β-unsaturated/α-hetero) is 1. The predicted molar refractivity (Wildman–Crippen MR) is 100 cm³/mol. The van der Waals surface area contributed by atoms with E-state index in [4.69, 9.17) is 9.47 Å². The fourth-order valence-corrected chi connectivity index (χ4v) is 2.92. The number of para-hydroxylation sites is 1. The molecule has 0 unspecified atom stereocenters. The average Bonchev–Trinajstić information content (AvgIpc) is 2.67. The molecule has 1 amide bonds. The van der Waals surface area contributed by atoms with Crippen LogP contribution in [0.15, 0.2) is 48.5 Å². The highest BCUT2D eigenvalue weighted by atomic mass is 16.5. The third kappa shape index (κ3) is 4.23. The van der Waals surface area contributed by atoms with Crippen molar-refractivity contribution in [2.75, 3.05) is 24.7 Å². The first kappa shape index (κ1) is 18.0. The number of hydrogen-bond acceptors (Lipinski definition) is 4. The SMILES string of the molecule is CCCC(=O)c1ccc2c(c1)N(CCCOc1ccccc1)C(=O)CO2. The molecule has 2 aromatic carbocycles. The van der Waals surface area contributed by atoms with E-state index in [2.05, 4.69) is 0 Å². The topological polar surface area (TPSA) is 55.8 Å². The number of amides is 1. The molecule has 0 saturated carbocycles. The molecule has 0 bridgehead atoms. The minimum Gasteiger partial charge on any atom is -0.494 e. The molecule has 2 aromatic rings. The van der Waals surface area contributed by atoms with Crippen molar-refractivity contribution in [1.29, 1.82) is 0 Å². The van der Waals surface area contributed by atoms with Crippen LogP contribution in [-0.4, -0.2) is 31.4 Å². The van der Waals surface area contributed by atoms with Crippen molar-refractivity contribution in [1.82, 2.24) is 0 Å². The lowest BCUT2D eigenvalue weighted by molar-refractivity contribution is -0.121. The summed E-state index contributed by atoms with van der Waals surface area (Å²) in [5, 5.41) is 0. The smallest absolute Gasteiger partial charge is 0.265 e. The van der Waals surface area contributed by atoms with Crippen LogP contribution in [0.1, 0.15) is 36.5 Å². The number of ether oxygens (including phenoxy) is 2. The number of anilines is 1. The fourth-order valence-electron chi connectivity index (χ4n) is 2.92. The van der Waals surface area contributed by atoms with Crippen molar-refractivity contribution in [3.63, 3.8) is 0 Å². The van der Waals surface area contributed by atoms with Gasteiger partial charge in [0.15, 0.2) is 12.4 Å². The lowest BCUT2D eigenvalue weighted by Crippen LogP contribution is -2.40. The molecule has 136 valence electrons. The highest BCUT2D eigenvalue weighted by Gasteiger charge is 2.26. The normalized spacial score (nSPS) is 13.1. The summed E-state index contributed by atoms with van der Waals surface area (Å²) in [6.45, 7) is 3.03. The van der Waals surface area contributed by atoms with Gasteiger partial charge in [0.25, 0.3) is 5.91 Å². The minimum absolute atomic E-state index is 0.0226. The molecule has 0 fully saturated rings. The summed E-state index contributed by atoms with van der Waals surface area (Å²) in [7, 11) is 0. The van der Waals surface area contributed by atoms with Crippen LogP contribution in [0.5, 0.6) is 11.5 Å². The first-order valence-electron chi connectivity index (χ1n) is 8.97. The van der Waals surface area contributed by atoms with Crippen LogP contribution < -0.4 is 14.4 Å². The summed E-state index contributed by atoms with van der Waals surface area (Å²) in [5.41, 5.74) is 1.29. The molecular formula is C21H23NO4. The van der Waals surface area contributed by atoms with E-state index in [-0.39, 0.29) is 18.3 Å². The Bertz CT molecular complexity index is 773. The highest BCUT2D eigenvalue weighted by molar-refractivity contribution is 6.01. The van der Waals surface area contributed by atoms with Gasteiger partial charge in [-0.25, -0.2) is 0 Å². The standard InChI is InChI=1S/C21H23NO4/c1-2-7-19(23)16-10-11-20-18(14-16)22(21(24)15-26-20)12-6-13-25-17-8-4-3-5-9-17/h3-5,8-11,14H,2,6-7,12-13,15H2,1H3. The fraction of sp³-hybridized carbons (Fsp3) is 0.333. The van der Waals surface area contributed by atoms with Crippen LogP contribution in [0.4, 0.5) is 5.69 Å². The Kier molecular flexibility index (Phi) is 5.89. The Balaban J connectivity index is 1.66. The van der Waals surface area contributed by atoms with Gasteiger partial charge in [-0.05, 0) is 43.2 Å². The zero-order valence-electron chi connectivity index (χ0n) is 14.9. The van der Waals surface area contributed by atoms with Gasteiger partial charge < -0.3 is 14.4 Å². The van der Waals surface area contributed by atoms with E-state index in [0.29, 0.717) is 43.0 Å². The number of benzene rings is 2. The maximum atomic E-state index is 12.3. The van der Waals surface area contributed by atoms with Crippen LogP contribution in [0.2, 0.25) is 0 Å². The number of carbonyl (C=O) groups excluding carboxylic acids is 2. The molecule has 5 heteroatoms. The Morgan fingerprint density at radius 2 is 2.00 bits per heavy atom. The largest absolute Gasteiger partial charge is 0.494 e. The Morgan fingerprint density at radius 1 is 1.19 bits per heavy atom. The molecule has 3 rings (SSSR count). The number of hydrogen-bond donors (Lipinski definition) is 0. The molecule has 1 heterocycles. The number of rotatable bonds is 8. The zero-order chi connectivity index (χ0) is 18.4. The molecule has 0 atom stereocenters. The third-order valence-corrected chi connectivity index (χ3v) is 4.24. The molecule has 1 aliphatic heterocycles. The molecule has 0 aromatic heterocycles. The van der Waals surface area contributed by atoms with E-state index in [1.54, 1.807) is 23.1 Å². The summed E-state index contributed by atoms with van der Waals surface area (Å²) in [6, 6.07) is 14.9. The van der Waals surface area contributed by atoms with Crippen molar-refractivity contribution in [3.8, 4) is 11.5 Å². The van der Waals surface area contributed by atoms with E-state index in [1.807, 2.05) is 37.3 Å². The molecule has 0 saturated heterocycles. The van der Waals surface area contributed by atoms with E-state index >= 15 is 0 Å². The van der Waals surface area contributed by atoms with Crippen molar-refractivity contribution in [2.24, 2.45) is 0 Å². The first-order chi connectivity index (χ1) is 12.7. The monoisotopic (exact) mass is 353 g/mol. The van der Waals surface area contributed by atoms with Gasteiger partial charge in [-0.1, -0.05) is 25.1 Å². The molecule has 0 aliphatic carbocycles. The van der Waals surface area contributed by atoms with Crippen molar-refractivity contribution in [3.05, 3.63) is 54.1 Å². The molecule has 5 nitrogen and oxygen atoms in total. The van der Waals surface area contributed by atoms with Crippen LogP contribution >= 0.6 is 0 Å². The summed E-state index contributed by atoms with van der Waals surface area (Å²) in [5.74, 6) is 1.44. The summed E-state index contributed by atoms with van der Waals surface area (Å²) in [4.78, 5) is 26.2. The van der Waals surface area contributed by atoms with Crippen LogP contribution in [0.25, 0.3) is 0 Å². The molecule has 0 N–H and O–H groups in total. The van der Waals surface area contributed by atoms with Gasteiger partial charge in [0, 0.05) is 18.5 Å². The molecule has 0 spiro atoms. The lowest BCUT2D eigenvalue weighted by atomic mass is 10.0. The number of fused-ring (bicyclic) bond motifs is 1. The summed E-state index contributed by atoms with van der Waals surface area (Å²) >= 11 is 0. The third-order valence-electron chi connectivity index (χ3n) is 4.24. The average molecular weight is 353 g/mol. The van der Waals surface area contributed by atoms with Gasteiger partial charge in [0.2, 0.25) is 0 Å². The predicted octanol–water partition coefficient (Wildman–Crippen LogP) is 3.86. The van der Waals surface area contributed by atoms with Crippen molar-refractivity contribution in [2.45, 2.75) is 26.2 Å².